The quantitative estimate of drug-likeness (QED) is 0.874. The van der Waals surface area contributed by atoms with Crippen LogP contribution >= 0.6 is 11.6 Å². The van der Waals surface area contributed by atoms with Crippen LogP contribution in [-0.2, 0) is 19.5 Å². The molecule has 3 heterocycles. The molecule has 0 spiro atoms. The summed E-state index contributed by atoms with van der Waals surface area (Å²) in [4.78, 5) is 15.8. The number of fused-ring (bicyclic) bond motifs is 1. The fourth-order valence-corrected chi connectivity index (χ4v) is 3.06. The molecule has 0 amide bonds. The van der Waals surface area contributed by atoms with E-state index in [0.29, 0.717) is 10.9 Å². The van der Waals surface area contributed by atoms with Crippen molar-refractivity contribution in [3.63, 3.8) is 0 Å². The third-order valence-corrected chi connectivity index (χ3v) is 4.35. The molecule has 1 aliphatic heterocycles. The molecule has 0 radical (unpaired) electrons. The Labute approximate surface area is 129 Å². The maximum absolute atomic E-state index is 6.00. The van der Waals surface area contributed by atoms with E-state index in [2.05, 4.69) is 14.9 Å². The fraction of sp³-hybridized carbons (Fsp3) is 0.438. The Morgan fingerprint density at radius 1 is 1.24 bits per heavy atom. The standard InChI is InChI=1S/C16H17ClN4/c17-14-5-11(6-18-8-14)9-21-4-3-15-13(10-21)7-19-16(20-15)12-1-2-12/h5-8,12H,1-4,9-10H2. The van der Waals surface area contributed by atoms with E-state index in [1.165, 1.54) is 24.1 Å². The van der Waals surface area contributed by atoms with Crippen LogP contribution in [0.3, 0.4) is 0 Å². The van der Waals surface area contributed by atoms with E-state index in [0.717, 1.165) is 37.4 Å². The van der Waals surface area contributed by atoms with E-state index in [9.17, 15) is 0 Å². The van der Waals surface area contributed by atoms with Gasteiger partial charge in [0, 0.05) is 61.8 Å². The highest BCUT2D eigenvalue weighted by atomic mass is 35.5. The van der Waals surface area contributed by atoms with Crippen molar-refractivity contribution in [3.05, 3.63) is 52.3 Å². The van der Waals surface area contributed by atoms with Gasteiger partial charge in [0.15, 0.2) is 0 Å². The lowest BCUT2D eigenvalue weighted by Crippen LogP contribution is -2.31. The first-order valence-corrected chi connectivity index (χ1v) is 7.82. The minimum Gasteiger partial charge on any atom is -0.294 e. The molecule has 0 bridgehead atoms. The van der Waals surface area contributed by atoms with Crippen LogP contribution in [0.4, 0.5) is 0 Å². The second-order valence-corrected chi connectivity index (χ2v) is 6.38. The van der Waals surface area contributed by atoms with Crippen LogP contribution in [0.1, 0.15) is 41.4 Å². The molecule has 2 aliphatic rings. The van der Waals surface area contributed by atoms with Crippen LogP contribution in [-0.4, -0.2) is 26.4 Å². The number of rotatable bonds is 3. The monoisotopic (exact) mass is 300 g/mol. The summed E-state index contributed by atoms with van der Waals surface area (Å²) in [7, 11) is 0. The molecule has 2 aromatic heterocycles. The van der Waals surface area contributed by atoms with Crippen molar-refractivity contribution in [2.75, 3.05) is 6.54 Å². The molecular weight excluding hydrogens is 284 g/mol. The topological polar surface area (TPSA) is 41.9 Å². The molecule has 0 saturated heterocycles. The first kappa shape index (κ1) is 13.2. The molecule has 0 unspecified atom stereocenters. The molecule has 0 N–H and O–H groups in total. The van der Waals surface area contributed by atoms with Gasteiger partial charge in [-0.05, 0) is 24.5 Å². The SMILES string of the molecule is Clc1cncc(CN2CCc3nc(C4CC4)ncc3C2)c1. The number of halogens is 1. The van der Waals surface area contributed by atoms with Crippen molar-refractivity contribution < 1.29 is 0 Å². The van der Waals surface area contributed by atoms with Crippen molar-refractivity contribution in [1.29, 1.82) is 0 Å². The zero-order valence-corrected chi connectivity index (χ0v) is 12.6. The average Bonchev–Trinajstić information content (AvgIpc) is 3.31. The Morgan fingerprint density at radius 3 is 2.95 bits per heavy atom. The van der Waals surface area contributed by atoms with Gasteiger partial charge in [-0.2, -0.15) is 0 Å². The summed E-state index contributed by atoms with van der Waals surface area (Å²) in [5.74, 6) is 1.69. The number of aromatic nitrogens is 3. The minimum absolute atomic E-state index is 0.630. The average molecular weight is 301 g/mol. The van der Waals surface area contributed by atoms with Crippen LogP contribution < -0.4 is 0 Å². The Kier molecular flexibility index (Phi) is 3.36. The summed E-state index contributed by atoms with van der Waals surface area (Å²) >= 11 is 6.00. The van der Waals surface area contributed by atoms with Gasteiger partial charge in [-0.1, -0.05) is 11.6 Å². The molecule has 1 saturated carbocycles. The van der Waals surface area contributed by atoms with Crippen molar-refractivity contribution in [1.82, 2.24) is 19.9 Å². The lowest BCUT2D eigenvalue weighted by Gasteiger charge is -2.28. The van der Waals surface area contributed by atoms with E-state index in [4.69, 9.17) is 16.6 Å². The lowest BCUT2D eigenvalue weighted by atomic mass is 10.1. The van der Waals surface area contributed by atoms with E-state index in [-0.39, 0.29) is 0 Å². The summed E-state index contributed by atoms with van der Waals surface area (Å²) in [5.41, 5.74) is 3.66. The smallest absolute Gasteiger partial charge is 0.131 e. The molecule has 1 fully saturated rings. The Hall–Kier alpha value is -1.52. The minimum atomic E-state index is 0.630. The summed E-state index contributed by atoms with van der Waals surface area (Å²) in [5, 5.41) is 0.697. The van der Waals surface area contributed by atoms with E-state index in [1.54, 1.807) is 6.20 Å². The molecular formula is C16H17ClN4. The van der Waals surface area contributed by atoms with Gasteiger partial charge in [0.05, 0.1) is 5.02 Å². The van der Waals surface area contributed by atoms with Gasteiger partial charge in [0.25, 0.3) is 0 Å². The van der Waals surface area contributed by atoms with Gasteiger partial charge in [0.1, 0.15) is 5.82 Å². The van der Waals surface area contributed by atoms with Crippen LogP contribution in [0.25, 0.3) is 0 Å². The van der Waals surface area contributed by atoms with Gasteiger partial charge < -0.3 is 0 Å². The summed E-state index contributed by atoms with van der Waals surface area (Å²) in [6.07, 6.45) is 9.10. The second-order valence-electron chi connectivity index (χ2n) is 5.95. The molecule has 5 heteroatoms. The number of pyridine rings is 1. The molecule has 4 rings (SSSR count). The molecule has 2 aromatic rings. The Morgan fingerprint density at radius 2 is 2.14 bits per heavy atom. The highest BCUT2D eigenvalue weighted by Crippen LogP contribution is 2.38. The molecule has 108 valence electrons. The predicted molar refractivity (Wildman–Crippen MR) is 81.1 cm³/mol. The predicted octanol–water partition coefficient (Wildman–Crippen LogP) is 2.96. The van der Waals surface area contributed by atoms with Crippen molar-refractivity contribution in [3.8, 4) is 0 Å². The van der Waals surface area contributed by atoms with Crippen molar-refractivity contribution in [2.24, 2.45) is 0 Å². The van der Waals surface area contributed by atoms with E-state index in [1.807, 2.05) is 18.5 Å². The zero-order valence-electron chi connectivity index (χ0n) is 11.8. The Balaban J connectivity index is 1.48. The van der Waals surface area contributed by atoms with Crippen molar-refractivity contribution >= 4 is 11.6 Å². The van der Waals surface area contributed by atoms with E-state index < -0.39 is 0 Å². The third kappa shape index (κ3) is 2.92. The normalized spacial score (nSPS) is 18.5. The largest absolute Gasteiger partial charge is 0.294 e. The summed E-state index contributed by atoms with van der Waals surface area (Å²) in [6, 6.07) is 1.98. The van der Waals surface area contributed by atoms with E-state index >= 15 is 0 Å². The van der Waals surface area contributed by atoms with Gasteiger partial charge in [-0.15, -0.1) is 0 Å². The van der Waals surface area contributed by atoms with Gasteiger partial charge in [0.2, 0.25) is 0 Å². The molecule has 21 heavy (non-hydrogen) atoms. The van der Waals surface area contributed by atoms with Crippen LogP contribution in [0, 0.1) is 0 Å². The molecule has 1 aliphatic carbocycles. The second kappa shape index (κ2) is 5.35. The van der Waals surface area contributed by atoms with Gasteiger partial charge in [-0.3, -0.25) is 9.88 Å². The number of nitrogens with zero attached hydrogens (tertiary/aromatic N) is 4. The Bertz CT molecular complexity index is 669. The fourth-order valence-electron chi connectivity index (χ4n) is 2.86. The third-order valence-electron chi connectivity index (χ3n) is 4.14. The highest BCUT2D eigenvalue weighted by molar-refractivity contribution is 6.30. The van der Waals surface area contributed by atoms with Gasteiger partial charge in [-0.25, -0.2) is 9.97 Å². The summed E-state index contributed by atoms with van der Waals surface area (Å²) < 4.78 is 0. The molecule has 0 atom stereocenters. The number of hydrogen-bond donors (Lipinski definition) is 0. The van der Waals surface area contributed by atoms with Gasteiger partial charge >= 0.3 is 0 Å². The van der Waals surface area contributed by atoms with Crippen molar-refractivity contribution in [2.45, 2.75) is 38.3 Å². The maximum Gasteiger partial charge on any atom is 0.131 e. The van der Waals surface area contributed by atoms with Crippen LogP contribution in [0.2, 0.25) is 5.02 Å². The molecule has 0 aromatic carbocycles. The maximum atomic E-state index is 6.00. The zero-order chi connectivity index (χ0) is 14.2. The first-order valence-electron chi connectivity index (χ1n) is 7.44. The highest BCUT2D eigenvalue weighted by Gasteiger charge is 2.28. The van der Waals surface area contributed by atoms with Crippen LogP contribution in [0.5, 0.6) is 0 Å². The molecule has 4 nitrogen and oxygen atoms in total. The summed E-state index contributed by atoms with van der Waals surface area (Å²) in [6.45, 7) is 2.81. The van der Waals surface area contributed by atoms with Crippen LogP contribution in [0.15, 0.2) is 24.7 Å². The first-order chi connectivity index (χ1) is 10.3. The lowest BCUT2D eigenvalue weighted by molar-refractivity contribution is 0.242. The number of hydrogen-bond acceptors (Lipinski definition) is 4.